The van der Waals surface area contributed by atoms with E-state index in [4.69, 9.17) is 4.74 Å². The SMILES string of the molecule is CC#CCOc1ccc(S(=O)(=O)N2c3ccc(CC)cc3CCC2C2CC2)cc1C(=O)O. The highest BCUT2D eigenvalue weighted by atomic mass is 32.2. The molecule has 1 N–H and O–H groups in total. The Morgan fingerprint density at radius 3 is 2.62 bits per heavy atom. The van der Waals surface area contributed by atoms with Crippen molar-refractivity contribution < 1.29 is 23.1 Å². The van der Waals surface area contributed by atoms with Gasteiger partial charge in [0, 0.05) is 6.04 Å². The lowest BCUT2D eigenvalue weighted by Crippen LogP contribution is -2.45. The van der Waals surface area contributed by atoms with E-state index in [9.17, 15) is 18.3 Å². The van der Waals surface area contributed by atoms with Crippen LogP contribution in [-0.4, -0.2) is 32.1 Å². The lowest BCUT2D eigenvalue weighted by Gasteiger charge is -2.38. The number of carbonyl (C=O) groups is 1. The zero-order valence-corrected chi connectivity index (χ0v) is 19.1. The lowest BCUT2D eigenvalue weighted by molar-refractivity contribution is 0.0692. The third kappa shape index (κ3) is 4.20. The van der Waals surface area contributed by atoms with Crippen molar-refractivity contribution in [3.8, 4) is 17.6 Å². The first kappa shape index (κ1) is 22.2. The standard InChI is InChI=1S/C25H27NO5S/c1-3-5-14-31-24-13-10-20(16-21(24)25(27)28)32(29,30)26-22(18-7-8-18)12-9-19-15-17(4-2)6-11-23(19)26/h6,10-11,13,15-16,18,22H,4,7-9,12,14H2,1-2H3,(H,27,28). The summed E-state index contributed by atoms with van der Waals surface area (Å²) >= 11 is 0. The Bertz CT molecular complexity index is 1200. The van der Waals surface area contributed by atoms with E-state index in [0.717, 1.165) is 37.7 Å². The van der Waals surface area contributed by atoms with E-state index >= 15 is 0 Å². The number of aromatic carboxylic acids is 1. The highest BCUT2D eigenvalue weighted by Gasteiger charge is 2.44. The quantitative estimate of drug-likeness (QED) is 0.633. The topological polar surface area (TPSA) is 83.9 Å². The van der Waals surface area contributed by atoms with Crippen LogP contribution in [0.2, 0.25) is 0 Å². The van der Waals surface area contributed by atoms with Gasteiger partial charge in [0.1, 0.15) is 17.9 Å². The minimum atomic E-state index is -3.96. The Balaban J connectivity index is 1.78. The van der Waals surface area contributed by atoms with Gasteiger partial charge in [0.15, 0.2) is 0 Å². The molecule has 1 heterocycles. The average Bonchev–Trinajstić information content (AvgIpc) is 3.63. The maximum atomic E-state index is 13.9. The number of aryl methyl sites for hydroxylation is 2. The van der Waals surface area contributed by atoms with Crippen molar-refractivity contribution in [2.24, 2.45) is 5.92 Å². The van der Waals surface area contributed by atoms with Crippen LogP contribution in [0, 0.1) is 17.8 Å². The van der Waals surface area contributed by atoms with E-state index in [1.165, 1.54) is 23.8 Å². The molecule has 2 aromatic carbocycles. The van der Waals surface area contributed by atoms with Gasteiger partial charge < -0.3 is 9.84 Å². The summed E-state index contributed by atoms with van der Waals surface area (Å²) in [6, 6.07) is 9.90. The second-order valence-electron chi connectivity index (χ2n) is 8.24. The predicted octanol–water partition coefficient (Wildman–Crippen LogP) is 4.27. The van der Waals surface area contributed by atoms with Crippen LogP contribution in [-0.2, 0) is 22.9 Å². The number of nitrogens with zero attached hydrogens (tertiary/aromatic N) is 1. The number of fused-ring (bicyclic) bond motifs is 1. The molecule has 2 aromatic rings. The maximum absolute atomic E-state index is 13.9. The van der Waals surface area contributed by atoms with Crippen LogP contribution in [0.1, 0.15) is 54.6 Å². The van der Waals surface area contributed by atoms with Gasteiger partial charge >= 0.3 is 5.97 Å². The predicted molar refractivity (Wildman–Crippen MR) is 123 cm³/mol. The molecular formula is C25H27NO5S. The van der Waals surface area contributed by atoms with Gasteiger partial charge in [-0.3, -0.25) is 4.31 Å². The fraction of sp³-hybridized carbons (Fsp3) is 0.400. The molecule has 6 nitrogen and oxygen atoms in total. The molecule has 1 fully saturated rings. The number of hydrogen-bond acceptors (Lipinski definition) is 4. The van der Waals surface area contributed by atoms with Crippen molar-refractivity contribution in [3.63, 3.8) is 0 Å². The lowest BCUT2D eigenvalue weighted by atomic mass is 9.93. The van der Waals surface area contributed by atoms with Gasteiger partial charge in [-0.25, -0.2) is 13.2 Å². The molecule has 1 atom stereocenters. The fourth-order valence-electron chi connectivity index (χ4n) is 4.35. The fourth-order valence-corrected chi connectivity index (χ4v) is 6.16. The van der Waals surface area contributed by atoms with Crippen LogP contribution in [0.5, 0.6) is 5.75 Å². The summed E-state index contributed by atoms with van der Waals surface area (Å²) in [5.74, 6) is 4.60. The number of sulfonamides is 1. The molecular weight excluding hydrogens is 426 g/mol. The number of anilines is 1. The molecule has 0 bridgehead atoms. The Morgan fingerprint density at radius 2 is 1.97 bits per heavy atom. The molecule has 1 aliphatic carbocycles. The molecule has 4 rings (SSSR count). The van der Waals surface area contributed by atoms with Crippen LogP contribution in [0.15, 0.2) is 41.3 Å². The van der Waals surface area contributed by atoms with Crippen molar-refractivity contribution in [1.29, 1.82) is 0 Å². The number of ether oxygens (including phenoxy) is 1. The normalized spacial score (nSPS) is 17.8. The van der Waals surface area contributed by atoms with E-state index in [-0.39, 0.29) is 28.9 Å². The van der Waals surface area contributed by atoms with E-state index in [1.54, 1.807) is 11.2 Å². The first-order valence-corrected chi connectivity index (χ1v) is 12.4. The van der Waals surface area contributed by atoms with Gasteiger partial charge in [-0.05, 0) is 80.3 Å². The van der Waals surface area contributed by atoms with Gasteiger partial charge in [0.2, 0.25) is 0 Å². The van der Waals surface area contributed by atoms with E-state index in [1.807, 2.05) is 12.1 Å². The Labute approximate surface area is 189 Å². The minimum Gasteiger partial charge on any atom is -0.480 e. The number of rotatable bonds is 7. The van der Waals surface area contributed by atoms with Crippen molar-refractivity contribution in [1.82, 2.24) is 0 Å². The first-order valence-electron chi connectivity index (χ1n) is 10.9. The molecule has 2 aliphatic rings. The summed E-state index contributed by atoms with van der Waals surface area (Å²) in [6.07, 6.45) is 4.54. The van der Waals surface area contributed by atoms with Crippen molar-refractivity contribution in [2.75, 3.05) is 10.9 Å². The highest BCUT2D eigenvalue weighted by molar-refractivity contribution is 7.92. The van der Waals surface area contributed by atoms with Gasteiger partial charge in [-0.2, -0.15) is 0 Å². The number of carboxylic acid groups (broad SMARTS) is 1. The minimum absolute atomic E-state index is 0.0336. The second kappa shape index (κ2) is 8.87. The summed E-state index contributed by atoms with van der Waals surface area (Å²) in [5, 5.41) is 9.66. The van der Waals surface area contributed by atoms with E-state index in [2.05, 4.69) is 24.8 Å². The third-order valence-corrected chi connectivity index (χ3v) is 8.02. The third-order valence-electron chi connectivity index (χ3n) is 6.18. The second-order valence-corrected chi connectivity index (χ2v) is 10.1. The van der Waals surface area contributed by atoms with Crippen molar-refractivity contribution >= 4 is 21.7 Å². The monoisotopic (exact) mass is 453 g/mol. The summed E-state index contributed by atoms with van der Waals surface area (Å²) in [7, 11) is -3.96. The molecule has 7 heteroatoms. The van der Waals surface area contributed by atoms with Crippen LogP contribution in [0.3, 0.4) is 0 Å². The molecule has 0 aromatic heterocycles. The zero-order chi connectivity index (χ0) is 22.9. The zero-order valence-electron chi connectivity index (χ0n) is 18.3. The van der Waals surface area contributed by atoms with Crippen LogP contribution >= 0.6 is 0 Å². The number of benzene rings is 2. The average molecular weight is 454 g/mol. The molecule has 168 valence electrons. The largest absolute Gasteiger partial charge is 0.480 e. The van der Waals surface area contributed by atoms with E-state index in [0.29, 0.717) is 11.6 Å². The van der Waals surface area contributed by atoms with Gasteiger partial charge in [-0.15, -0.1) is 5.92 Å². The van der Waals surface area contributed by atoms with Crippen LogP contribution in [0.25, 0.3) is 0 Å². The Morgan fingerprint density at radius 1 is 1.19 bits per heavy atom. The number of hydrogen-bond donors (Lipinski definition) is 1. The Hall–Kier alpha value is -2.98. The van der Waals surface area contributed by atoms with Crippen molar-refractivity contribution in [3.05, 3.63) is 53.1 Å². The smallest absolute Gasteiger partial charge is 0.339 e. The van der Waals surface area contributed by atoms with Gasteiger partial charge in [0.05, 0.1) is 10.6 Å². The van der Waals surface area contributed by atoms with E-state index < -0.39 is 16.0 Å². The summed E-state index contributed by atoms with van der Waals surface area (Å²) < 4.78 is 34.7. The molecule has 0 spiro atoms. The molecule has 0 saturated heterocycles. The summed E-state index contributed by atoms with van der Waals surface area (Å²) in [6.45, 7) is 3.77. The first-order chi connectivity index (χ1) is 15.4. The summed E-state index contributed by atoms with van der Waals surface area (Å²) in [5.41, 5.74) is 2.73. The van der Waals surface area contributed by atoms with Gasteiger partial charge in [0.25, 0.3) is 10.0 Å². The summed E-state index contributed by atoms with van der Waals surface area (Å²) in [4.78, 5) is 11.8. The van der Waals surface area contributed by atoms with Crippen molar-refractivity contribution in [2.45, 2.75) is 56.9 Å². The molecule has 1 aliphatic heterocycles. The molecule has 32 heavy (non-hydrogen) atoms. The molecule has 1 unspecified atom stereocenters. The van der Waals surface area contributed by atoms with Crippen LogP contribution in [0.4, 0.5) is 5.69 Å². The Kier molecular flexibility index (Phi) is 6.16. The molecule has 1 saturated carbocycles. The maximum Gasteiger partial charge on any atom is 0.339 e. The molecule has 0 radical (unpaired) electrons. The number of carboxylic acids is 1. The van der Waals surface area contributed by atoms with Gasteiger partial charge in [-0.1, -0.05) is 25.0 Å². The van der Waals surface area contributed by atoms with Crippen LogP contribution < -0.4 is 9.04 Å². The highest BCUT2D eigenvalue weighted by Crippen LogP contribution is 2.45. The molecule has 0 amide bonds.